The summed E-state index contributed by atoms with van der Waals surface area (Å²) in [6.07, 6.45) is 6.31. The largest absolute Gasteiger partial charge is 0.493 e. The Morgan fingerprint density at radius 2 is 2.16 bits per heavy atom. The highest BCUT2D eigenvalue weighted by molar-refractivity contribution is 5.90. The maximum absolute atomic E-state index is 12.5. The van der Waals surface area contributed by atoms with E-state index < -0.39 is 0 Å². The highest BCUT2D eigenvalue weighted by atomic mass is 16.5. The summed E-state index contributed by atoms with van der Waals surface area (Å²) in [5, 5.41) is 2.94. The minimum Gasteiger partial charge on any atom is -0.493 e. The summed E-state index contributed by atoms with van der Waals surface area (Å²) in [4.78, 5) is 18.3. The van der Waals surface area contributed by atoms with Crippen LogP contribution >= 0.6 is 0 Å². The molecule has 2 amide bonds. The molecule has 3 rings (SSSR count). The minimum atomic E-state index is -0.0931. The van der Waals surface area contributed by atoms with Crippen molar-refractivity contribution in [2.24, 2.45) is 0 Å². The van der Waals surface area contributed by atoms with Gasteiger partial charge in [-0.1, -0.05) is 24.3 Å². The Hall–Kier alpha value is -2.82. The first kappa shape index (κ1) is 17.0. The lowest BCUT2D eigenvalue weighted by molar-refractivity contribution is 0.217. The molecule has 0 radical (unpaired) electrons. The van der Waals surface area contributed by atoms with Crippen molar-refractivity contribution in [1.29, 1.82) is 0 Å². The molecule has 1 aromatic carbocycles. The Morgan fingerprint density at radius 1 is 1.32 bits per heavy atom. The smallest absolute Gasteiger partial charge is 0.322 e. The van der Waals surface area contributed by atoms with E-state index in [1.807, 2.05) is 38.1 Å². The fourth-order valence-electron chi connectivity index (χ4n) is 2.90. The van der Waals surface area contributed by atoms with Crippen molar-refractivity contribution >= 4 is 17.3 Å². The van der Waals surface area contributed by atoms with Gasteiger partial charge in [0.1, 0.15) is 5.75 Å². The molecule has 0 bridgehead atoms. The second-order valence-corrected chi connectivity index (χ2v) is 5.98. The van der Waals surface area contributed by atoms with Crippen LogP contribution in [-0.2, 0) is 0 Å². The van der Waals surface area contributed by atoms with Gasteiger partial charge in [-0.25, -0.2) is 4.79 Å². The molecule has 1 aliphatic rings. The quantitative estimate of drug-likeness (QED) is 0.913. The molecule has 0 spiro atoms. The summed E-state index contributed by atoms with van der Waals surface area (Å²) < 4.78 is 5.72. The number of hydrogen-bond acceptors (Lipinski definition) is 3. The number of nitrogens with zero attached hydrogens (tertiary/aromatic N) is 2. The van der Waals surface area contributed by atoms with Crippen LogP contribution < -0.4 is 10.1 Å². The molecule has 1 aliphatic heterocycles. The van der Waals surface area contributed by atoms with Gasteiger partial charge in [0.05, 0.1) is 18.5 Å². The van der Waals surface area contributed by atoms with Gasteiger partial charge in [0.2, 0.25) is 0 Å². The molecule has 2 heterocycles. The van der Waals surface area contributed by atoms with E-state index in [9.17, 15) is 4.79 Å². The van der Waals surface area contributed by atoms with Gasteiger partial charge >= 0.3 is 6.03 Å². The lowest BCUT2D eigenvalue weighted by Crippen LogP contribution is -2.38. The second kappa shape index (κ2) is 7.83. The zero-order valence-corrected chi connectivity index (χ0v) is 14.7. The van der Waals surface area contributed by atoms with Crippen molar-refractivity contribution in [2.75, 3.05) is 25.0 Å². The number of para-hydroxylation sites is 1. The van der Waals surface area contributed by atoms with Crippen LogP contribution in [0.3, 0.4) is 0 Å². The predicted molar refractivity (Wildman–Crippen MR) is 99.8 cm³/mol. The van der Waals surface area contributed by atoms with E-state index in [4.69, 9.17) is 4.74 Å². The zero-order chi connectivity index (χ0) is 17.6. The van der Waals surface area contributed by atoms with Crippen molar-refractivity contribution < 1.29 is 9.53 Å². The number of pyridine rings is 1. The number of anilines is 1. The van der Waals surface area contributed by atoms with Crippen molar-refractivity contribution in [1.82, 2.24) is 9.88 Å². The normalized spacial score (nSPS) is 14.0. The molecule has 0 fully saturated rings. The first-order valence-corrected chi connectivity index (χ1v) is 8.57. The standard InChI is InChI=1S/C20H23N3O2/c1-3-25-19-7-5-4-6-17(19)16-9-12-23(13-10-16)20(24)22-18-14-21-11-8-15(18)2/h4-9,11,14H,3,10,12-13H2,1-2H3,(H,22,24). The van der Waals surface area contributed by atoms with Crippen molar-refractivity contribution in [3.8, 4) is 5.75 Å². The molecule has 25 heavy (non-hydrogen) atoms. The van der Waals surface area contributed by atoms with Gasteiger partial charge in [-0.2, -0.15) is 0 Å². The van der Waals surface area contributed by atoms with Gasteiger partial charge in [-0.15, -0.1) is 0 Å². The van der Waals surface area contributed by atoms with Gasteiger partial charge in [-0.3, -0.25) is 4.98 Å². The molecule has 0 saturated carbocycles. The first-order chi connectivity index (χ1) is 12.2. The lowest BCUT2D eigenvalue weighted by atomic mass is 9.98. The Morgan fingerprint density at radius 3 is 2.88 bits per heavy atom. The Labute approximate surface area is 148 Å². The fourth-order valence-corrected chi connectivity index (χ4v) is 2.90. The molecule has 0 unspecified atom stereocenters. The zero-order valence-electron chi connectivity index (χ0n) is 14.7. The van der Waals surface area contributed by atoms with Crippen LogP contribution in [0.25, 0.3) is 5.57 Å². The summed E-state index contributed by atoms with van der Waals surface area (Å²) in [5.41, 5.74) is 4.10. The number of urea groups is 1. The van der Waals surface area contributed by atoms with Crippen LogP contribution in [-0.4, -0.2) is 35.6 Å². The summed E-state index contributed by atoms with van der Waals surface area (Å²) in [7, 11) is 0. The van der Waals surface area contributed by atoms with Crippen LogP contribution in [0.5, 0.6) is 5.75 Å². The molecule has 0 atom stereocenters. The molecule has 5 nitrogen and oxygen atoms in total. The minimum absolute atomic E-state index is 0.0931. The number of amides is 2. The summed E-state index contributed by atoms with van der Waals surface area (Å²) in [5.74, 6) is 0.903. The highest BCUT2D eigenvalue weighted by Gasteiger charge is 2.20. The number of carbonyl (C=O) groups is 1. The van der Waals surface area contributed by atoms with Crippen molar-refractivity contribution in [3.63, 3.8) is 0 Å². The number of rotatable bonds is 4. The van der Waals surface area contributed by atoms with Gasteiger partial charge in [0, 0.05) is 24.8 Å². The van der Waals surface area contributed by atoms with Crippen LogP contribution in [0.1, 0.15) is 24.5 Å². The Bertz CT molecular complexity index is 786. The van der Waals surface area contributed by atoms with E-state index >= 15 is 0 Å². The SMILES string of the molecule is CCOc1ccccc1C1=CCN(C(=O)Nc2cnccc2C)CC1. The number of aryl methyl sites for hydroxylation is 1. The van der Waals surface area contributed by atoms with E-state index in [2.05, 4.69) is 22.4 Å². The molecule has 1 N–H and O–H groups in total. The third-order valence-electron chi connectivity index (χ3n) is 4.31. The van der Waals surface area contributed by atoms with E-state index in [0.29, 0.717) is 19.7 Å². The molecule has 1 aromatic heterocycles. The van der Waals surface area contributed by atoms with Crippen LogP contribution in [0, 0.1) is 6.92 Å². The lowest BCUT2D eigenvalue weighted by Gasteiger charge is -2.27. The van der Waals surface area contributed by atoms with E-state index in [0.717, 1.165) is 29.0 Å². The molecule has 130 valence electrons. The molecular formula is C20H23N3O2. The van der Waals surface area contributed by atoms with Crippen LogP contribution in [0.4, 0.5) is 10.5 Å². The molecule has 2 aromatic rings. The Balaban J connectivity index is 1.68. The third-order valence-corrected chi connectivity index (χ3v) is 4.31. The monoisotopic (exact) mass is 337 g/mol. The van der Waals surface area contributed by atoms with Crippen molar-refractivity contribution in [2.45, 2.75) is 20.3 Å². The van der Waals surface area contributed by atoms with Crippen molar-refractivity contribution in [3.05, 3.63) is 59.9 Å². The van der Waals surface area contributed by atoms with Crippen LogP contribution in [0.15, 0.2) is 48.8 Å². The third kappa shape index (κ3) is 3.99. The highest BCUT2D eigenvalue weighted by Crippen LogP contribution is 2.30. The summed E-state index contributed by atoms with van der Waals surface area (Å²) in [6.45, 7) is 5.84. The number of ether oxygens (including phenoxy) is 1. The Kier molecular flexibility index (Phi) is 5.33. The maximum Gasteiger partial charge on any atom is 0.322 e. The van der Waals surface area contributed by atoms with E-state index in [1.54, 1.807) is 17.3 Å². The van der Waals surface area contributed by atoms with Gasteiger partial charge in [0.15, 0.2) is 0 Å². The number of hydrogen-bond donors (Lipinski definition) is 1. The maximum atomic E-state index is 12.5. The van der Waals surface area contributed by atoms with Gasteiger partial charge in [0.25, 0.3) is 0 Å². The molecule has 5 heteroatoms. The van der Waals surface area contributed by atoms with E-state index in [-0.39, 0.29) is 6.03 Å². The molecule has 0 saturated heterocycles. The average molecular weight is 337 g/mol. The average Bonchev–Trinajstić information content (AvgIpc) is 2.64. The summed E-state index contributed by atoms with van der Waals surface area (Å²) >= 11 is 0. The topological polar surface area (TPSA) is 54.5 Å². The fraction of sp³-hybridized carbons (Fsp3) is 0.300. The number of aromatic nitrogens is 1. The predicted octanol–water partition coefficient (Wildman–Crippen LogP) is 4.11. The van der Waals surface area contributed by atoms with Crippen LogP contribution in [0.2, 0.25) is 0 Å². The van der Waals surface area contributed by atoms with Gasteiger partial charge < -0.3 is 15.0 Å². The second-order valence-electron chi connectivity index (χ2n) is 5.98. The van der Waals surface area contributed by atoms with E-state index in [1.165, 1.54) is 5.57 Å². The molecular weight excluding hydrogens is 314 g/mol. The first-order valence-electron chi connectivity index (χ1n) is 8.57. The molecule has 0 aliphatic carbocycles. The number of nitrogens with one attached hydrogen (secondary N) is 1. The van der Waals surface area contributed by atoms with Gasteiger partial charge in [-0.05, 0) is 43.5 Å². The number of carbonyl (C=O) groups excluding carboxylic acids is 1. The number of benzene rings is 1. The summed E-state index contributed by atoms with van der Waals surface area (Å²) in [6, 6.07) is 9.85.